The van der Waals surface area contributed by atoms with E-state index in [0.717, 1.165) is 16.6 Å². The van der Waals surface area contributed by atoms with Crippen molar-refractivity contribution >= 4 is 44.3 Å². The van der Waals surface area contributed by atoms with Crippen molar-refractivity contribution in [3.05, 3.63) is 22.3 Å². The molecule has 0 fully saturated rings. The maximum atomic E-state index is 12.0. The minimum Gasteiger partial charge on any atom is -0.363 e. The highest BCUT2D eigenvalue weighted by Crippen LogP contribution is 2.31. The van der Waals surface area contributed by atoms with Crippen LogP contribution in [-0.4, -0.2) is 31.0 Å². The quantitative estimate of drug-likeness (QED) is 0.778. The van der Waals surface area contributed by atoms with Gasteiger partial charge in [0, 0.05) is 0 Å². The van der Waals surface area contributed by atoms with Gasteiger partial charge in [-0.2, -0.15) is 4.37 Å². The summed E-state index contributed by atoms with van der Waals surface area (Å²) in [7, 11) is 0. The molecule has 0 saturated heterocycles. The number of nitrogens with zero attached hydrogens (tertiary/aromatic N) is 4. The standard InChI is InChI=1S/C12H15BrN6O2S/c1-6(2)3-7-9(13)12(22-18-7)16-8(20)4-19-5-15-11(17-19)10(14)21/h5-6H,3-4H2,1-2H3,(H2,14,21)(H,16,20). The third-order valence-corrected chi connectivity index (χ3v) is 4.53. The summed E-state index contributed by atoms with van der Waals surface area (Å²) < 4.78 is 6.38. The summed E-state index contributed by atoms with van der Waals surface area (Å²) in [5, 5.41) is 7.21. The number of primary amides is 1. The van der Waals surface area contributed by atoms with Crippen molar-refractivity contribution in [2.75, 3.05) is 5.32 Å². The van der Waals surface area contributed by atoms with E-state index in [9.17, 15) is 9.59 Å². The minimum atomic E-state index is -0.734. The van der Waals surface area contributed by atoms with E-state index in [4.69, 9.17) is 5.73 Å². The molecule has 0 aliphatic rings. The molecule has 2 aromatic heterocycles. The van der Waals surface area contributed by atoms with E-state index in [1.807, 2.05) is 0 Å². The van der Waals surface area contributed by atoms with Crippen molar-refractivity contribution in [3.63, 3.8) is 0 Å². The van der Waals surface area contributed by atoms with E-state index >= 15 is 0 Å². The Hall–Kier alpha value is -1.81. The first kappa shape index (κ1) is 16.6. The minimum absolute atomic E-state index is 0.0653. The molecule has 0 spiro atoms. The Balaban J connectivity index is 1.99. The Morgan fingerprint density at radius 3 is 2.82 bits per heavy atom. The summed E-state index contributed by atoms with van der Waals surface area (Å²) in [4.78, 5) is 26.6. The third-order valence-electron chi connectivity index (χ3n) is 2.62. The van der Waals surface area contributed by atoms with E-state index in [2.05, 4.69) is 49.6 Å². The molecule has 8 nitrogen and oxygen atoms in total. The number of aromatic nitrogens is 4. The number of nitrogens with one attached hydrogen (secondary N) is 1. The second kappa shape index (κ2) is 6.97. The average Bonchev–Trinajstić information content (AvgIpc) is 3.00. The number of carbonyl (C=O) groups is 2. The van der Waals surface area contributed by atoms with Gasteiger partial charge in [-0.3, -0.25) is 9.59 Å². The normalized spacial score (nSPS) is 10.9. The van der Waals surface area contributed by atoms with Gasteiger partial charge in [0.15, 0.2) is 0 Å². The van der Waals surface area contributed by atoms with Gasteiger partial charge in [0.1, 0.15) is 17.9 Å². The summed E-state index contributed by atoms with van der Waals surface area (Å²) in [6.07, 6.45) is 2.11. The first-order chi connectivity index (χ1) is 10.4. The zero-order valence-corrected chi connectivity index (χ0v) is 14.4. The van der Waals surface area contributed by atoms with E-state index in [1.54, 1.807) is 0 Å². The zero-order chi connectivity index (χ0) is 16.3. The van der Waals surface area contributed by atoms with Crippen LogP contribution in [0.15, 0.2) is 10.8 Å². The van der Waals surface area contributed by atoms with Crippen LogP contribution in [0.25, 0.3) is 0 Å². The summed E-state index contributed by atoms with van der Waals surface area (Å²) in [5.74, 6) is -0.667. The van der Waals surface area contributed by atoms with Crippen LogP contribution in [0.1, 0.15) is 30.2 Å². The zero-order valence-electron chi connectivity index (χ0n) is 12.0. The van der Waals surface area contributed by atoms with Crippen LogP contribution >= 0.6 is 27.5 Å². The van der Waals surface area contributed by atoms with Crippen molar-refractivity contribution in [1.82, 2.24) is 19.1 Å². The van der Waals surface area contributed by atoms with Crippen molar-refractivity contribution < 1.29 is 9.59 Å². The van der Waals surface area contributed by atoms with Crippen LogP contribution in [0.2, 0.25) is 0 Å². The molecule has 0 atom stereocenters. The van der Waals surface area contributed by atoms with Gasteiger partial charge in [0.05, 0.1) is 10.2 Å². The fraction of sp³-hybridized carbons (Fsp3) is 0.417. The molecular weight excluding hydrogens is 372 g/mol. The predicted octanol–water partition coefficient (Wildman–Crippen LogP) is 1.43. The number of amides is 2. The number of hydrogen-bond donors (Lipinski definition) is 2. The van der Waals surface area contributed by atoms with Crippen molar-refractivity contribution in [1.29, 1.82) is 0 Å². The number of hydrogen-bond acceptors (Lipinski definition) is 6. The van der Waals surface area contributed by atoms with Crippen LogP contribution in [0.5, 0.6) is 0 Å². The van der Waals surface area contributed by atoms with Gasteiger partial charge >= 0.3 is 0 Å². The van der Waals surface area contributed by atoms with Gasteiger partial charge in [0.2, 0.25) is 11.7 Å². The summed E-state index contributed by atoms with van der Waals surface area (Å²) in [6, 6.07) is 0. The molecule has 3 N–H and O–H groups in total. The molecule has 10 heteroatoms. The smallest absolute Gasteiger partial charge is 0.288 e. The molecule has 2 rings (SSSR count). The molecular formula is C12H15BrN6O2S. The Morgan fingerprint density at radius 2 is 2.23 bits per heavy atom. The van der Waals surface area contributed by atoms with E-state index in [-0.39, 0.29) is 18.3 Å². The molecule has 2 amide bonds. The molecule has 0 aromatic carbocycles. The summed E-state index contributed by atoms with van der Waals surface area (Å²) >= 11 is 4.67. The molecule has 118 valence electrons. The van der Waals surface area contributed by atoms with Crippen molar-refractivity contribution in [2.45, 2.75) is 26.8 Å². The van der Waals surface area contributed by atoms with Crippen LogP contribution < -0.4 is 11.1 Å². The maximum Gasteiger partial charge on any atom is 0.288 e. The monoisotopic (exact) mass is 386 g/mol. The lowest BCUT2D eigenvalue weighted by Gasteiger charge is -2.04. The molecule has 0 bridgehead atoms. The Morgan fingerprint density at radius 1 is 1.50 bits per heavy atom. The molecule has 2 heterocycles. The van der Waals surface area contributed by atoms with Crippen LogP contribution in [0, 0.1) is 5.92 Å². The lowest BCUT2D eigenvalue weighted by atomic mass is 10.1. The molecule has 0 unspecified atom stereocenters. The molecule has 22 heavy (non-hydrogen) atoms. The van der Waals surface area contributed by atoms with Gasteiger partial charge in [-0.15, -0.1) is 5.10 Å². The molecule has 0 aliphatic carbocycles. The number of carbonyl (C=O) groups excluding carboxylic acids is 2. The fourth-order valence-corrected chi connectivity index (χ4v) is 3.11. The Bertz CT molecular complexity index is 696. The van der Waals surface area contributed by atoms with E-state index in [1.165, 1.54) is 22.5 Å². The van der Waals surface area contributed by atoms with Gasteiger partial charge in [-0.25, -0.2) is 9.67 Å². The number of rotatable bonds is 6. The summed E-state index contributed by atoms with van der Waals surface area (Å²) in [5.41, 5.74) is 5.98. The molecule has 0 aliphatic heterocycles. The number of halogens is 1. The topological polar surface area (TPSA) is 116 Å². The highest BCUT2D eigenvalue weighted by molar-refractivity contribution is 9.10. The maximum absolute atomic E-state index is 12.0. The SMILES string of the molecule is CC(C)Cc1nsc(NC(=O)Cn2cnc(C(N)=O)n2)c1Br. The number of anilines is 1. The van der Waals surface area contributed by atoms with Crippen molar-refractivity contribution in [3.8, 4) is 0 Å². The van der Waals surface area contributed by atoms with Crippen LogP contribution in [0.4, 0.5) is 5.00 Å². The second-order valence-corrected chi connectivity index (χ2v) is 6.61. The largest absolute Gasteiger partial charge is 0.363 e. The third kappa shape index (κ3) is 4.10. The second-order valence-electron chi connectivity index (χ2n) is 5.05. The molecule has 2 aromatic rings. The predicted molar refractivity (Wildman–Crippen MR) is 85.5 cm³/mol. The van der Waals surface area contributed by atoms with Gasteiger partial charge in [-0.1, -0.05) is 13.8 Å². The Kier molecular flexibility index (Phi) is 5.24. The van der Waals surface area contributed by atoms with Crippen LogP contribution in [0.3, 0.4) is 0 Å². The first-order valence-corrected chi connectivity index (χ1v) is 8.06. The first-order valence-electron chi connectivity index (χ1n) is 6.50. The van der Waals surface area contributed by atoms with Crippen molar-refractivity contribution in [2.24, 2.45) is 11.7 Å². The Labute approximate surface area is 139 Å². The lowest BCUT2D eigenvalue weighted by molar-refractivity contribution is -0.116. The average molecular weight is 387 g/mol. The lowest BCUT2D eigenvalue weighted by Crippen LogP contribution is -2.20. The van der Waals surface area contributed by atoms with E-state index in [0.29, 0.717) is 10.9 Å². The number of nitrogens with two attached hydrogens (primary N) is 1. The van der Waals surface area contributed by atoms with Gasteiger partial charge in [0.25, 0.3) is 5.91 Å². The molecule has 0 radical (unpaired) electrons. The highest BCUT2D eigenvalue weighted by Gasteiger charge is 2.15. The van der Waals surface area contributed by atoms with Crippen LogP contribution in [-0.2, 0) is 17.8 Å². The van der Waals surface area contributed by atoms with E-state index < -0.39 is 5.91 Å². The fourth-order valence-electron chi connectivity index (χ4n) is 1.70. The highest BCUT2D eigenvalue weighted by atomic mass is 79.9. The summed E-state index contributed by atoms with van der Waals surface area (Å²) in [6.45, 7) is 4.14. The van der Waals surface area contributed by atoms with Gasteiger partial charge in [-0.05, 0) is 39.8 Å². The van der Waals surface area contributed by atoms with Gasteiger partial charge < -0.3 is 11.1 Å². The molecule has 0 saturated carbocycles.